The van der Waals surface area contributed by atoms with E-state index in [9.17, 15) is 13.6 Å². The van der Waals surface area contributed by atoms with Gasteiger partial charge in [-0.25, -0.2) is 13.6 Å². The predicted octanol–water partition coefficient (Wildman–Crippen LogP) is 2.49. The molecule has 0 aromatic heterocycles. The number of halogens is 2. The van der Waals surface area contributed by atoms with E-state index in [-0.39, 0.29) is 12.1 Å². The Bertz CT molecular complexity index is 458. The summed E-state index contributed by atoms with van der Waals surface area (Å²) >= 11 is 0. The van der Waals surface area contributed by atoms with Gasteiger partial charge in [0.1, 0.15) is 17.2 Å². The van der Waals surface area contributed by atoms with Crippen molar-refractivity contribution in [3.05, 3.63) is 35.4 Å². The molecule has 1 unspecified atom stereocenters. The Hall–Kier alpha value is -1.69. The molecule has 0 saturated carbocycles. The minimum absolute atomic E-state index is 0.00615. The predicted molar refractivity (Wildman–Crippen MR) is 67.5 cm³/mol. The summed E-state index contributed by atoms with van der Waals surface area (Å²) in [5, 5.41) is 2.41. The van der Waals surface area contributed by atoms with Crippen molar-refractivity contribution in [2.75, 3.05) is 6.54 Å². The third-order valence-corrected chi connectivity index (χ3v) is 2.26. The molecule has 106 valence electrons. The first-order valence-corrected chi connectivity index (χ1v) is 5.87. The summed E-state index contributed by atoms with van der Waals surface area (Å²) in [7, 11) is 0. The second kappa shape index (κ2) is 5.97. The summed E-state index contributed by atoms with van der Waals surface area (Å²) in [6.45, 7) is 5.03. The van der Waals surface area contributed by atoms with Crippen LogP contribution in [0.1, 0.15) is 32.4 Å². The van der Waals surface area contributed by atoms with Gasteiger partial charge in [-0.3, -0.25) is 0 Å². The molecule has 0 saturated heterocycles. The van der Waals surface area contributed by atoms with Gasteiger partial charge >= 0.3 is 6.09 Å². The van der Waals surface area contributed by atoms with Crippen molar-refractivity contribution < 1.29 is 18.3 Å². The van der Waals surface area contributed by atoms with Crippen LogP contribution < -0.4 is 11.1 Å². The number of hydrogen-bond acceptors (Lipinski definition) is 3. The van der Waals surface area contributed by atoms with Gasteiger partial charge in [0.15, 0.2) is 0 Å². The first kappa shape index (κ1) is 15.4. The van der Waals surface area contributed by atoms with E-state index >= 15 is 0 Å². The van der Waals surface area contributed by atoms with Crippen LogP contribution in [0.3, 0.4) is 0 Å². The summed E-state index contributed by atoms with van der Waals surface area (Å²) in [4.78, 5) is 11.6. The van der Waals surface area contributed by atoms with E-state index in [1.54, 1.807) is 20.8 Å². The molecule has 1 aromatic rings. The second-order valence-corrected chi connectivity index (χ2v) is 5.10. The summed E-state index contributed by atoms with van der Waals surface area (Å²) in [6, 6.07) is 2.15. The molecule has 0 bridgehead atoms. The van der Waals surface area contributed by atoms with Crippen LogP contribution in [-0.4, -0.2) is 18.2 Å². The highest BCUT2D eigenvalue weighted by Gasteiger charge is 2.21. The molecule has 1 rings (SSSR count). The number of carbonyl (C=O) groups excluding carboxylic acids is 1. The lowest BCUT2D eigenvalue weighted by Crippen LogP contribution is -2.38. The van der Waals surface area contributed by atoms with Crippen LogP contribution in [0.15, 0.2) is 18.2 Å². The maximum atomic E-state index is 13.6. The zero-order valence-electron chi connectivity index (χ0n) is 11.2. The minimum atomic E-state index is -0.842. The first-order chi connectivity index (χ1) is 8.73. The molecular formula is C13H18F2N2O2. The highest BCUT2D eigenvalue weighted by molar-refractivity contribution is 5.68. The van der Waals surface area contributed by atoms with E-state index in [1.165, 1.54) is 0 Å². The molecule has 1 amide bonds. The Kier molecular flexibility index (Phi) is 4.83. The van der Waals surface area contributed by atoms with Crippen molar-refractivity contribution in [1.82, 2.24) is 5.32 Å². The number of nitrogens with two attached hydrogens (primary N) is 1. The Morgan fingerprint density at radius 3 is 2.58 bits per heavy atom. The van der Waals surface area contributed by atoms with Crippen LogP contribution in [0.4, 0.5) is 13.6 Å². The summed E-state index contributed by atoms with van der Waals surface area (Å²) in [5.74, 6) is -1.23. The fourth-order valence-corrected chi connectivity index (χ4v) is 1.50. The molecule has 0 aliphatic heterocycles. The molecule has 0 aliphatic carbocycles. The molecule has 0 fully saturated rings. The van der Waals surface area contributed by atoms with Crippen molar-refractivity contribution in [1.29, 1.82) is 0 Å². The normalized spacial score (nSPS) is 12.9. The average Bonchev–Trinajstić information content (AvgIpc) is 2.27. The monoisotopic (exact) mass is 272 g/mol. The maximum absolute atomic E-state index is 13.6. The number of alkyl carbamates (subject to hydrolysis) is 1. The van der Waals surface area contributed by atoms with Crippen LogP contribution in [0.2, 0.25) is 0 Å². The van der Waals surface area contributed by atoms with Crippen LogP contribution in [0.5, 0.6) is 0 Å². The second-order valence-electron chi connectivity index (χ2n) is 5.10. The minimum Gasteiger partial charge on any atom is -0.444 e. The Morgan fingerprint density at radius 2 is 2.05 bits per heavy atom. The number of ether oxygens (including phenoxy) is 1. The molecule has 0 aliphatic rings. The summed E-state index contributed by atoms with van der Waals surface area (Å²) in [6.07, 6.45) is -0.730. The molecule has 3 N–H and O–H groups in total. The third-order valence-electron chi connectivity index (χ3n) is 2.26. The molecule has 1 atom stereocenters. The molecule has 4 nitrogen and oxygen atoms in total. The lowest BCUT2D eigenvalue weighted by atomic mass is 10.1. The van der Waals surface area contributed by atoms with Crippen molar-refractivity contribution in [2.45, 2.75) is 32.4 Å². The Labute approximate surface area is 110 Å². The molecule has 0 spiro atoms. The molecule has 6 heteroatoms. The van der Waals surface area contributed by atoms with Crippen molar-refractivity contribution in [2.24, 2.45) is 5.73 Å². The molecule has 1 aromatic carbocycles. The van der Waals surface area contributed by atoms with Gasteiger partial charge in [0, 0.05) is 12.1 Å². The van der Waals surface area contributed by atoms with Gasteiger partial charge in [-0.15, -0.1) is 0 Å². The first-order valence-electron chi connectivity index (χ1n) is 5.87. The van der Waals surface area contributed by atoms with E-state index in [0.717, 1.165) is 18.2 Å². The van der Waals surface area contributed by atoms with Crippen LogP contribution in [-0.2, 0) is 4.74 Å². The fraction of sp³-hybridized carbons (Fsp3) is 0.462. The van der Waals surface area contributed by atoms with Crippen LogP contribution in [0, 0.1) is 11.6 Å². The summed E-state index contributed by atoms with van der Waals surface area (Å²) in [5.41, 5.74) is 4.79. The maximum Gasteiger partial charge on any atom is 0.408 e. The Morgan fingerprint density at radius 1 is 1.42 bits per heavy atom. The van der Waals surface area contributed by atoms with Crippen molar-refractivity contribution in [3.8, 4) is 0 Å². The topological polar surface area (TPSA) is 64.3 Å². The van der Waals surface area contributed by atoms with Crippen LogP contribution in [0.25, 0.3) is 0 Å². The number of nitrogens with one attached hydrogen (secondary N) is 1. The van der Waals surface area contributed by atoms with E-state index in [1.807, 2.05) is 0 Å². The highest BCUT2D eigenvalue weighted by atomic mass is 19.1. The molecule has 19 heavy (non-hydrogen) atoms. The van der Waals surface area contributed by atoms with Gasteiger partial charge < -0.3 is 15.8 Å². The molecule has 0 heterocycles. The quantitative estimate of drug-likeness (QED) is 0.888. The SMILES string of the molecule is CC(C)(C)OC(=O)NC(CN)c1cc(F)ccc1F. The standard InChI is InChI=1S/C13H18F2N2O2/c1-13(2,3)19-12(18)17-11(7-16)9-6-8(14)4-5-10(9)15/h4-6,11H,7,16H2,1-3H3,(H,17,18). The lowest BCUT2D eigenvalue weighted by Gasteiger charge is -2.23. The number of rotatable bonds is 3. The van der Waals surface area contributed by atoms with Crippen molar-refractivity contribution >= 4 is 6.09 Å². The number of carbonyl (C=O) groups is 1. The number of amides is 1. The van der Waals surface area contributed by atoms with Gasteiger partial charge in [0.25, 0.3) is 0 Å². The van der Waals surface area contributed by atoms with Crippen LogP contribution >= 0.6 is 0 Å². The van der Waals surface area contributed by atoms with Gasteiger partial charge in [0.2, 0.25) is 0 Å². The zero-order valence-corrected chi connectivity index (χ0v) is 11.2. The largest absolute Gasteiger partial charge is 0.444 e. The fourth-order valence-electron chi connectivity index (χ4n) is 1.50. The zero-order chi connectivity index (χ0) is 14.6. The van der Waals surface area contributed by atoms with Gasteiger partial charge in [-0.1, -0.05) is 0 Å². The highest BCUT2D eigenvalue weighted by Crippen LogP contribution is 2.18. The van der Waals surface area contributed by atoms with Gasteiger partial charge in [-0.2, -0.15) is 0 Å². The summed E-state index contributed by atoms with van der Waals surface area (Å²) < 4.78 is 31.7. The number of hydrogen-bond donors (Lipinski definition) is 2. The smallest absolute Gasteiger partial charge is 0.408 e. The molecular weight excluding hydrogens is 254 g/mol. The third kappa shape index (κ3) is 4.82. The van der Waals surface area contributed by atoms with E-state index < -0.39 is 29.4 Å². The number of benzene rings is 1. The van der Waals surface area contributed by atoms with Gasteiger partial charge in [-0.05, 0) is 39.0 Å². The average molecular weight is 272 g/mol. The molecule has 0 radical (unpaired) electrons. The van der Waals surface area contributed by atoms with E-state index in [0.29, 0.717) is 0 Å². The Balaban J connectivity index is 2.84. The van der Waals surface area contributed by atoms with E-state index in [2.05, 4.69) is 5.32 Å². The van der Waals surface area contributed by atoms with Crippen molar-refractivity contribution in [3.63, 3.8) is 0 Å². The van der Waals surface area contributed by atoms with Gasteiger partial charge in [0.05, 0.1) is 6.04 Å². The lowest BCUT2D eigenvalue weighted by molar-refractivity contribution is 0.0504. The van der Waals surface area contributed by atoms with E-state index in [4.69, 9.17) is 10.5 Å².